The van der Waals surface area contributed by atoms with Gasteiger partial charge < -0.3 is 9.32 Å². The zero-order valence-electron chi connectivity index (χ0n) is 9.82. The molecule has 2 rings (SSSR count). The number of carbonyl (C=O) groups is 1. The molecule has 0 bridgehead atoms. The molecule has 1 amide bonds. The van der Waals surface area contributed by atoms with E-state index in [1.54, 1.807) is 18.0 Å². The third-order valence-electron chi connectivity index (χ3n) is 2.76. The van der Waals surface area contributed by atoms with Crippen molar-refractivity contribution in [3.05, 3.63) is 34.3 Å². The van der Waals surface area contributed by atoms with E-state index in [1.807, 2.05) is 12.1 Å². The number of aromatic amines is 1. The normalized spacial score (nSPS) is 10.7. The number of carbonyl (C=O) groups excluding carboxylic acids is 1. The zero-order valence-corrected chi connectivity index (χ0v) is 9.82. The first-order valence-corrected chi connectivity index (χ1v) is 5.40. The monoisotopic (exact) mass is 234 g/mol. The van der Waals surface area contributed by atoms with Crippen LogP contribution < -0.4 is 5.76 Å². The summed E-state index contributed by atoms with van der Waals surface area (Å²) >= 11 is 0. The van der Waals surface area contributed by atoms with Crippen molar-refractivity contribution in [2.45, 2.75) is 13.3 Å². The van der Waals surface area contributed by atoms with E-state index in [-0.39, 0.29) is 5.91 Å². The first kappa shape index (κ1) is 11.4. The second-order valence-electron chi connectivity index (χ2n) is 4.04. The number of hydrogen-bond donors (Lipinski definition) is 1. The quantitative estimate of drug-likeness (QED) is 0.866. The van der Waals surface area contributed by atoms with Crippen molar-refractivity contribution >= 4 is 17.0 Å². The molecule has 5 nitrogen and oxygen atoms in total. The van der Waals surface area contributed by atoms with E-state index in [0.717, 1.165) is 12.0 Å². The molecule has 0 aliphatic heterocycles. The Morgan fingerprint density at radius 1 is 1.47 bits per heavy atom. The third-order valence-corrected chi connectivity index (χ3v) is 2.76. The number of nitrogens with zero attached hydrogens (tertiary/aromatic N) is 1. The lowest BCUT2D eigenvalue weighted by Gasteiger charge is -2.14. The predicted octanol–water partition coefficient (Wildman–Crippen LogP) is 1.14. The second-order valence-corrected chi connectivity index (χ2v) is 4.04. The smallest absolute Gasteiger partial charge is 0.408 e. The molecular weight excluding hydrogens is 220 g/mol. The van der Waals surface area contributed by atoms with Crippen LogP contribution in [-0.2, 0) is 11.2 Å². The Hall–Kier alpha value is -2.04. The van der Waals surface area contributed by atoms with Gasteiger partial charge in [0.15, 0.2) is 5.58 Å². The molecule has 0 radical (unpaired) electrons. The van der Waals surface area contributed by atoms with Gasteiger partial charge in [-0.3, -0.25) is 9.78 Å². The van der Waals surface area contributed by atoms with Gasteiger partial charge in [-0.05, 0) is 24.1 Å². The molecule has 17 heavy (non-hydrogen) atoms. The van der Waals surface area contributed by atoms with Crippen molar-refractivity contribution in [1.29, 1.82) is 0 Å². The SMILES string of the molecule is CC(=O)N(C)CCc1ccc2oc(=O)[nH]c2c1. The van der Waals surface area contributed by atoms with E-state index in [4.69, 9.17) is 4.42 Å². The summed E-state index contributed by atoms with van der Waals surface area (Å²) < 4.78 is 4.91. The minimum atomic E-state index is -0.446. The topological polar surface area (TPSA) is 66.3 Å². The van der Waals surface area contributed by atoms with Crippen LogP contribution in [0.25, 0.3) is 11.1 Å². The average Bonchev–Trinajstić information content (AvgIpc) is 2.64. The number of likely N-dealkylation sites (N-methyl/N-ethyl adjacent to an activating group) is 1. The predicted molar refractivity (Wildman–Crippen MR) is 63.8 cm³/mol. The Morgan fingerprint density at radius 3 is 2.94 bits per heavy atom. The molecule has 0 saturated heterocycles. The van der Waals surface area contributed by atoms with Crippen LogP contribution in [0.15, 0.2) is 27.4 Å². The van der Waals surface area contributed by atoms with Crippen LogP contribution in [0.3, 0.4) is 0 Å². The van der Waals surface area contributed by atoms with Gasteiger partial charge in [0.25, 0.3) is 0 Å². The Kier molecular flexibility index (Phi) is 2.99. The lowest BCUT2D eigenvalue weighted by Crippen LogP contribution is -2.26. The average molecular weight is 234 g/mol. The number of aromatic nitrogens is 1. The Bertz CT molecular complexity index is 597. The molecule has 0 atom stereocenters. The van der Waals surface area contributed by atoms with Gasteiger partial charge in [0.05, 0.1) is 5.52 Å². The van der Waals surface area contributed by atoms with Crippen molar-refractivity contribution in [3.63, 3.8) is 0 Å². The first-order valence-electron chi connectivity index (χ1n) is 5.40. The molecule has 90 valence electrons. The van der Waals surface area contributed by atoms with Gasteiger partial charge in [0.2, 0.25) is 5.91 Å². The van der Waals surface area contributed by atoms with Gasteiger partial charge in [0, 0.05) is 20.5 Å². The molecule has 0 unspecified atom stereocenters. The standard InChI is InChI=1S/C12H14N2O3/c1-8(15)14(2)6-5-9-3-4-11-10(7-9)13-12(16)17-11/h3-4,7H,5-6H2,1-2H3,(H,13,16). The van der Waals surface area contributed by atoms with Crippen molar-refractivity contribution < 1.29 is 9.21 Å². The number of hydrogen-bond acceptors (Lipinski definition) is 3. The van der Waals surface area contributed by atoms with E-state index in [0.29, 0.717) is 17.6 Å². The molecule has 1 N–H and O–H groups in total. The fourth-order valence-electron chi connectivity index (χ4n) is 1.61. The van der Waals surface area contributed by atoms with Gasteiger partial charge in [0.1, 0.15) is 0 Å². The minimum absolute atomic E-state index is 0.0443. The fourth-order valence-corrected chi connectivity index (χ4v) is 1.61. The Labute approximate surface area is 98.0 Å². The highest BCUT2D eigenvalue weighted by Gasteiger charge is 2.05. The summed E-state index contributed by atoms with van der Waals surface area (Å²) in [5.41, 5.74) is 2.30. The van der Waals surface area contributed by atoms with Gasteiger partial charge in [-0.2, -0.15) is 0 Å². The third kappa shape index (κ3) is 2.55. The summed E-state index contributed by atoms with van der Waals surface area (Å²) in [6.07, 6.45) is 0.749. The molecule has 0 fully saturated rings. The van der Waals surface area contributed by atoms with Gasteiger partial charge in [-0.1, -0.05) is 6.07 Å². The van der Waals surface area contributed by atoms with Crippen molar-refractivity contribution in [2.24, 2.45) is 0 Å². The lowest BCUT2D eigenvalue weighted by atomic mass is 10.1. The maximum Gasteiger partial charge on any atom is 0.417 e. The number of amides is 1. The Morgan fingerprint density at radius 2 is 2.24 bits per heavy atom. The van der Waals surface area contributed by atoms with E-state index in [2.05, 4.69) is 4.98 Å². The van der Waals surface area contributed by atoms with Crippen LogP contribution >= 0.6 is 0 Å². The molecule has 1 aromatic heterocycles. The molecule has 0 aliphatic rings. The molecule has 0 saturated carbocycles. The number of benzene rings is 1. The van der Waals surface area contributed by atoms with Crippen LogP contribution in [-0.4, -0.2) is 29.4 Å². The molecule has 0 aliphatic carbocycles. The summed E-state index contributed by atoms with van der Waals surface area (Å²) in [4.78, 5) is 26.3. The first-order chi connectivity index (χ1) is 8.06. The van der Waals surface area contributed by atoms with Crippen molar-refractivity contribution in [3.8, 4) is 0 Å². The fraction of sp³-hybridized carbons (Fsp3) is 0.333. The van der Waals surface area contributed by atoms with Gasteiger partial charge >= 0.3 is 5.76 Å². The zero-order chi connectivity index (χ0) is 12.4. The van der Waals surface area contributed by atoms with E-state index >= 15 is 0 Å². The number of oxazole rings is 1. The van der Waals surface area contributed by atoms with E-state index in [1.165, 1.54) is 6.92 Å². The highest BCUT2D eigenvalue weighted by atomic mass is 16.4. The maximum atomic E-state index is 11.0. The Balaban J connectivity index is 2.14. The molecule has 5 heteroatoms. The summed E-state index contributed by atoms with van der Waals surface area (Å²) in [5.74, 6) is -0.402. The highest BCUT2D eigenvalue weighted by Crippen LogP contribution is 2.12. The largest absolute Gasteiger partial charge is 0.417 e. The van der Waals surface area contributed by atoms with Crippen LogP contribution in [0.2, 0.25) is 0 Å². The lowest BCUT2D eigenvalue weighted by molar-refractivity contribution is -0.127. The summed E-state index contributed by atoms with van der Waals surface area (Å²) in [6, 6.07) is 5.53. The van der Waals surface area contributed by atoms with Crippen LogP contribution in [0, 0.1) is 0 Å². The van der Waals surface area contributed by atoms with E-state index < -0.39 is 5.76 Å². The van der Waals surface area contributed by atoms with Crippen LogP contribution in [0.5, 0.6) is 0 Å². The molecule has 1 aromatic carbocycles. The summed E-state index contributed by atoms with van der Waals surface area (Å²) in [5, 5.41) is 0. The van der Waals surface area contributed by atoms with Crippen LogP contribution in [0.4, 0.5) is 0 Å². The maximum absolute atomic E-state index is 11.0. The molecule has 0 spiro atoms. The van der Waals surface area contributed by atoms with Gasteiger partial charge in [-0.15, -0.1) is 0 Å². The van der Waals surface area contributed by atoms with Crippen LogP contribution in [0.1, 0.15) is 12.5 Å². The molecular formula is C12H14N2O3. The summed E-state index contributed by atoms with van der Waals surface area (Å²) in [7, 11) is 1.76. The molecule has 2 aromatic rings. The number of nitrogens with one attached hydrogen (secondary N) is 1. The summed E-state index contributed by atoms with van der Waals surface area (Å²) in [6.45, 7) is 2.19. The molecule has 1 heterocycles. The second kappa shape index (κ2) is 4.45. The van der Waals surface area contributed by atoms with Crippen molar-refractivity contribution in [2.75, 3.05) is 13.6 Å². The number of fused-ring (bicyclic) bond motifs is 1. The number of H-pyrrole nitrogens is 1. The number of rotatable bonds is 3. The highest BCUT2D eigenvalue weighted by molar-refractivity contribution is 5.73. The minimum Gasteiger partial charge on any atom is -0.408 e. The van der Waals surface area contributed by atoms with Crippen molar-refractivity contribution in [1.82, 2.24) is 9.88 Å². The van der Waals surface area contributed by atoms with E-state index in [9.17, 15) is 9.59 Å². The van der Waals surface area contributed by atoms with Gasteiger partial charge in [-0.25, -0.2) is 4.79 Å².